The molecule has 0 unspecified atom stereocenters. The molecule has 1 N–H and O–H groups in total. The van der Waals surface area contributed by atoms with E-state index in [0.717, 1.165) is 19.6 Å². The topological polar surface area (TPSA) is 129 Å². The molecule has 0 spiro atoms. The number of esters is 3. The lowest BCUT2D eigenvalue weighted by Gasteiger charge is -2.34. The minimum absolute atomic E-state index is 0.138. The van der Waals surface area contributed by atoms with Gasteiger partial charge in [-0.2, -0.15) is 0 Å². The van der Waals surface area contributed by atoms with Crippen LogP contribution in [0.15, 0.2) is 0 Å². The maximum atomic E-state index is 12.7. The summed E-state index contributed by atoms with van der Waals surface area (Å²) in [5.41, 5.74) is -1.66. The van der Waals surface area contributed by atoms with Gasteiger partial charge in [-0.25, -0.2) is 0 Å². The molecular weight excluding hydrogens is 616 g/mol. The second-order valence-electron chi connectivity index (χ2n) is 13.8. The van der Waals surface area contributed by atoms with E-state index < -0.39 is 16.8 Å². The summed E-state index contributed by atoms with van der Waals surface area (Å²) in [6.45, 7) is 37.6. The Kier molecular flexibility index (Phi) is 32.4. The summed E-state index contributed by atoms with van der Waals surface area (Å²) >= 11 is 0. The molecule has 0 atom stereocenters. The third-order valence-corrected chi connectivity index (χ3v) is 5.70. The fourth-order valence-corrected chi connectivity index (χ4v) is 4.04. The summed E-state index contributed by atoms with van der Waals surface area (Å²) in [6, 6.07) is 0. The van der Waals surface area contributed by atoms with Crippen LogP contribution in [0, 0.1) is 0 Å². The summed E-state index contributed by atoms with van der Waals surface area (Å²) in [7, 11) is 0. The number of carbonyl (C=O) groups is 4. The summed E-state index contributed by atoms with van der Waals surface area (Å²) in [5, 5.41) is 6.89. The summed E-state index contributed by atoms with van der Waals surface area (Å²) in [6.07, 6.45) is 1.25. The molecule has 0 radical (unpaired) electrons. The van der Waals surface area contributed by atoms with Crippen molar-refractivity contribution in [1.29, 1.82) is 0 Å². The molecule has 0 aromatic heterocycles. The lowest BCUT2D eigenvalue weighted by atomic mass is 10.2. The van der Waals surface area contributed by atoms with E-state index >= 15 is 0 Å². The lowest BCUT2D eigenvalue weighted by molar-refractivity contribution is -0.158. The molecule has 0 aromatic rings. The second kappa shape index (κ2) is 29.6. The highest BCUT2D eigenvalue weighted by molar-refractivity contribution is 5.73. The molecule has 0 bridgehead atoms. The maximum absolute atomic E-state index is 12.7. The number of hydrogen-bond acceptors (Lipinski definition) is 11. The first-order valence-electron chi connectivity index (χ1n) is 17.8. The Bertz CT molecular complexity index is 774. The average Bonchev–Trinajstić information content (AvgIpc) is 2.93. The molecule has 1 aliphatic rings. The molecule has 0 amide bonds. The van der Waals surface area contributed by atoms with E-state index in [1.807, 2.05) is 94.9 Å². The fourth-order valence-electron chi connectivity index (χ4n) is 4.04. The molecule has 0 saturated carbocycles. The van der Waals surface area contributed by atoms with Gasteiger partial charge in [0.1, 0.15) is 16.8 Å². The molecule has 12 nitrogen and oxygen atoms in total. The molecule has 48 heavy (non-hydrogen) atoms. The van der Waals surface area contributed by atoms with Crippen LogP contribution in [0.1, 0.15) is 117 Å². The highest BCUT2D eigenvalue weighted by atomic mass is 16.6. The van der Waals surface area contributed by atoms with E-state index in [4.69, 9.17) is 24.1 Å². The molecule has 1 fully saturated rings. The SMILES string of the molecule is CC.CC.CCC.CCN1CCN(CC(=O)OC(C)(C)C)CCN(CC(=O)OC(C)(C)C)CCN(CC(=O)OC(C)(C)C)CC1.O=CO. The summed E-state index contributed by atoms with van der Waals surface area (Å²) < 4.78 is 16.7. The normalized spacial score (nSPS) is 15.8. The molecule has 0 aromatic carbocycles. The smallest absolute Gasteiger partial charge is 0.320 e. The fraction of sp³-hybridized carbons (Fsp3) is 0.889. The van der Waals surface area contributed by atoms with Crippen LogP contribution in [0.2, 0.25) is 0 Å². The van der Waals surface area contributed by atoms with Crippen LogP contribution in [-0.2, 0) is 33.4 Å². The van der Waals surface area contributed by atoms with Gasteiger partial charge in [0.25, 0.3) is 6.47 Å². The molecular formula is C36H76N4O8. The first-order valence-corrected chi connectivity index (χ1v) is 17.8. The number of rotatable bonds is 7. The highest BCUT2D eigenvalue weighted by Gasteiger charge is 2.25. The number of hydrogen-bond donors (Lipinski definition) is 1. The monoisotopic (exact) mass is 693 g/mol. The Morgan fingerprint density at radius 2 is 0.688 bits per heavy atom. The van der Waals surface area contributed by atoms with Gasteiger partial charge >= 0.3 is 17.9 Å². The summed E-state index contributed by atoms with van der Waals surface area (Å²) in [5.74, 6) is -0.802. The van der Waals surface area contributed by atoms with Crippen molar-refractivity contribution in [3.8, 4) is 0 Å². The van der Waals surface area contributed by atoms with Gasteiger partial charge in [0, 0.05) is 52.4 Å². The van der Waals surface area contributed by atoms with Crippen LogP contribution in [0.3, 0.4) is 0 Å². The minimum Gasteiger partial charge on any atom is -0.483 e. The van der Waals surface area contributed by atoms with Crippen molar-refractivity contribution in [3.63, 3.8) is 0 Å². The molecule has 1 saturated heterocycles. The average molecular weight is 693 g/mol. The van der Waals surface area contributed by atoms with Crippen LogP contribution in [0.5, 0.6) is 0 Å². The second-order valence-corrected chi connectivity index (χ2v) is 13.8. The van der Waals surface area contributed by atoms with Crippen LogP contribution >= 0.6 is 0 Å². The van der Waals surface area contributed by atoms with E-state index in [9.17, 15) is 14.4 Å². The van der Waals surface area contributed by atoms with Gasteiger partial charge in [-0.1, -0.05) is 54.9 Å². The predicted octanol–water partition coefficient (Wildman–Crippen LogP) is 5.42. The third kappa shape index (κ3) is 36.6. The van der Waals surface area contributed by atoms with E-state index in [1.165, 1.54) is 6.42 Å². The molecule has 1 aliphatic heterocycles. The van der Waals surface area contributed by atoms with Crippen molar-refractivity contribution in [2.75, 3.05) is 78.5 Å². The number of likely N-dealkylation sites (N-methyl/N-ethyl adjacent to an activating group) is 1. The van der Waals surface area contributed by atoms with Crippen molar-refractivity contribution >= 4 is 24.4 Å². The number of nitrogens with zero attached hydrogens (tertiary/aromatic N) is 4. The molecule has 1 heterocycles. The van der Waals surface area contributed by atoms with E-state index in [2.05, 4.69) is 35.5 Å². The van der Waals surface area contributed by atoms with Gasteiger partial charge in [0.05, 0.1) is 19.6 Å². The van der Waals surface area contributed by atoms with E-state index in [-0.39, 0.29) is 44.0 Å². The van der Waals surface area contributed by atoms with Crippen LogP contribution in [-0.4, -0.2) is 144 Å². The van der Waals surface area contributed by atoms with Crippen molar-refractivity contribution in [2.45, 2.75) is 134 Å². The Balaban J connectivity index is -0.000000865. The zero-order chi connectivity index (χ0) is 38.6. The largest absolute Gasteiger partial charge is 0.483 e. The predicted molar refractivity (Wildman–Crippen MR) is 196 cm³/mol. The zero-order valence-electron chi connectivity index (χ0n) is 33.9. The van der Waals surface area contributed by atoms with E-state index in [0.29, 0.717) is 39.3 Å². The Morgan fingerprint density at radius 3 is 0.833 bits per heavy atom. The molecule has 0 aliphatic carbocycles. The zero-order valence-corrected chi connectivity index (χ0v) is 33.9. The van der Waals surface area contributed by atoms with Gasteiger partial charge in [-0.15, -0.1) is 0 Å². The molecule has 12 heteroatoms. The first-order chi connectivity index (χ1) is 22.2. The van der Waals surface area contributed by atoms with E-state index in [1.54, 1.807) is 0 Å². The van der Waals surface area contributed by atoms with Gasteiger partial charge in [-0.3, -0.25) is 33.9 Å². The van der Waals surface area contributed by atoms with Gasteiger partial charge in [0.15, 0.2) is 0 Å². The Hall–Kier alpha value is -2.28. The van der Waals surface area contributed by atoms with Crippen molar-refractivity contribution in [3.05, 3.63) is 0 Å². The highest BCUT2D eigenvalue weighted by Crippen LogP contribution is 2.11. The quantitative estimate of drug-likeness (QED) is 0.208. The van der Waals surface area contributed by atoms with Gasteiger partial charge in [-0.05, 0) is 68.9 Å². The maximum Gasteiger partial charge on any atom is 0.320 e. The van der Waals surface area contributed by atoms with Crippen LogP contribution in [0.25, 0.3) is 0 Å². The number of carboxylic acid groups (broad SMARTS) is 1. The molecule has 288 valence electrons. The summed E-state index contributed by atoms with van der Waals surface area (Å²) in [4.78, 5) is 54.8. The van der Waals surface area contributed by atoms with Crippen molar-refractivity contribution in [1.82, 2.24) is 19.6 Å². The van der Waals surface area contributed by atoms with Gasteiger partial charge in [0.2, 0.25) is 0 Å². The van der Waals surface area contributed by atoms with Gasteiger partial charge < -0.3 is 24.2 Å². The van der Waals surface area contributed by atoms with Crippen molar-refractivity contribution in [2.24, 2.45) is 0 Å². The third-order valence-electron chi connectivity index (χ3n) is 5.70. The van der Waals surface area contributed by atoms with Crippen molar-refractivity contribution < 1.29 is 38.5 Å². The Morgan fingerprint density at radius 1 is 0.521 bits per heavy atom. The Labute approximate surface area is 294 Å². The number of ether oxygens (including phenoxy) is 3. The van der Waals surface area contributed by atoms with Crippen LogP contribution < -0.4 is 0 Å². The molecule has 1 rings (SSSR count). The minimum atomic E-state index is -0.571. The van der Waals surface area contributed by atoms with Crippen LogP contribution in [0.4, 0.5) is 0 Å². The first kappa shape index (κ1) is 52.5. The lowest BCUT2D eigenvalue weighted by Crippen LogP contribution is -2.49. The standard InChI is InChI=1S/C28H54N4O6.C3H8.2C2H6.CH2O2/c1-11-29-12-14-30(20-23(33)36-26(2,3)4)16-18-32(22-25(35)38-28(8,9)10)19-17-31(15-13-29)21-24(34)37-27(5,6)7;1-3-2;2*1-2;2-1-3/h11-22H2,1-10H3;3H2,1-2H3;2*1-2H3;1H,(H,2,3). The number of carbonyl (C=O) groups excluding carboxylic acids is 3.